The first-order chi connectivity index (χ1) is 10.1. The van der Waals surface area contributed by atoms with Gasteiger partial charge in [0.15, 0.2) is 0 Å². The Hall–Kier alpha value is -1.85. The summed E-state index contributed by atoms with van der Waals surface area (Å²) in [6.45, 7) is 1.66. The molecule has 2 rings (SSSR count). The Morgan fingerprint density at radius 2 is 1.81 bits per heavy atom. The normalized spacial score (nSPS) is 19.6. The highest BCUT2D eigenvalue weighted by Crippen LogP contribution is 2.32. The van der Waals surface area contributed by atoms with Crippen molar-refractivity contribution in [3.63, 3.8) is 0 Å². The summed E-state index contributed by atoms with van der Waals surface area (Å²) < 4.78 is 4.46. The Bertz CT molecular complexity index is 435. The van der Waals surface area contributed by atoms with E-state index in [9.17, 15) is 14.4 Å². The highest BCUT2D eigenvalue weighted by atomic mass is 16.5. The van der Waals surface area contributed by atoms with Gasteiger partial charge < -0.3 is 15.0 Å². The van der Waals surface area contributed by atoms with Crippen molar-refractivity contribution in [2.45, 2.75) is 25.7 Å². The van der Waals surface area contributed by atoms with Crippen molar-refractivity contribution < 1.29 is 19.1 Å². The summed E-state index contributed by atoms with van der Waals surface area (Å²) in [6.07, 6.45) is 6.32. The van der Waals surface area contributed by atoms with Gasteiger partial charge in [-0.2, -0.15) is 0 Å². The van der Waals surface area contributed by atoms with Crippen LogP contribution in [0.15, 0.2) is 12.2 Å². The molecule has 0 spiro atoms. The quantitative estimate of drug-likeness (QED) is 0.591. The van der Waals surface area contributed by atoms with Crippen LogP contribution in [-0.4, -0.2) is 49.4 Å². The van der Waals surface area contributed by atoms with Crippen LogP contribution in [0.1, 0.15) is 25.7 Å². The molecule has 21 heavy (non-hydrogen) atoms. The molecule has 0 unspecified atom stereocenters. The number of carbonyl (C=O) groups excluding carboxylic acids is 3. The van der Waals surface area contributed by atoms with Gasteiger partial charge in [0, 0.05) is 37.5 Å². The number of ether oxygens (including phenoxy) is 1. The molecule has 2 fully saturated rings. The standard InChI is InChI=1S/C15H22N2O4/c1-21-13(18)3-2-8-16-14(19)11-6-9-17(10-7-11)15(20)12-4-5-12/h2-3,11-12H,4-10H2,1H3,(H,16,19)/b3-2+. The summed E-state index contributed by atoms with van der Waals surface area (Å²) in [5.74, 6) is 0.0210. The molecule has 0 aromatic heterocycles. The smallest absolute Gasteiger partial charge is 0.330 e. The first kappa shape index (κ1) is 15.5. The van der Waals surface area contributed by atoms with Gasteiger partial charge in [-0.15, -0.1) is 0 Å². The lowest BCUT2D eigenvalue weighted by molar-refractivity contribution is -0.136. The molecule has 6 heteroatoms. The molecule has 0 aromatic rings. The second-order valence-electron chi connectivity index (χ2n) is 5.54. The van der Waals surface area contributed by atoms with E-state index in [0.29, 0.717) is 32.5 Å². The van der Waals surface area contributed by atoms with Crippen LogP contribution in [0.2, 0.25) is 0 Å². The Labute approximate surface area is 124 Å². The number of methoxy groups -OCH3 is 1. The number of amides is 2. The third-order valence-corrected chi connectivity index (χ3v) is 3.95. The second-order valence-corrected chi connectivity index (χ2v) is 5.54. The molecule has 1 heterocycles. The molecule has 0 atom stereocenters. The first-order valence-electron chi connectivity index (χ1n) is 7.42. The minimum atomic E-state index is -0.434. The summed E-state index contributed by atoms with van der Waals surface area (Å²) in [7, 11) is 1.31. The molecule has 2 amide bonds. The summed E-state index contributed by atoms with van der Waals surface area (Å²) >= 11 is 0. The number of carbonyl (C=O) groups is 3. The Kier molecular flexibility index (Phi) is 5.36. The van der Waals surface area contributed by atoms with Gasteiger partial charge in [0.25, 0.3) is 0 Å². The zero-order valence-corrected chi connectivity index (χ0v) is 12.3. The van der Waals surface area contributed by atoms with Gasteiger partial charge in [-0.1, -0.05) is 6.08 Å². The Morgan fingerprint density at radius 3 is 2.38 bits per heavy atom. The number of likely N-dealkylation sites (tertiary alicyclic amines) is 1. The van der Waals surface area contributed by atoms with Crippen LogP contribution in [-0.2, 0) is 19.1 Å². The van der Waals surface area contributed by atoms with Gasteiger partial charge in [0.1, 0.15) is 0 Å². The SMILES string of the molecule is COC(=O)/C=C/CNC(=O)C1CCN(C(=O)C2CC2)CC1. The second kappa shape index (κ2) is 7.24. The van der Waals surface area contributed by atoms with Crippen molar-refractivity contribution >= 4 is 17.8 Å². The van der Waals surface area contributed by atoms with E-state index in [1.807, 2.05) is 4.90 Å². The number of nitrogens with zero attached hydrogens (tertiary/aromatic N) is 1. The van der Waals surface area contributed by atoms with Crippen molar-refractivity contribution in [1.29, 1.82) is 0 Å². The van der Waals surface area contributed by atoms with Crippen LogP contribution in [0.25, 0.3) is 0 Å². The van der Waals surface area contributed by atoms with E-state index in [1.54, 1.807) is 6.08 Å². The van der Waals surface area contributed by atoms with Gasteiger partial charge >= 0.3 is 5.97 Å². The van der Waals surface area contributed by atoms with Gasteiger partial charge in [-0.25, -0.2) is 4.79 Å². The average molecular weight is 294 g/mol. The van der Waals surface area contributed by atoms with E-state index >= 15 is 0 Å². The molecule has 2 aliphatic rings. The number of nitrogens with one attached hydrogen (secondary N) is 1. The summed E-state index contributed by atoms with van der Waals surface area (Å²) in [5, 5.41) is 2.77. The highest BCUT2D eigenvalue weighted by molar-refractivity contribution is 5.83. The van der Waals surface area contributed by atoms with Crippen LogP contribution in [0.5, 0.6) is 0 Å². The van der Waals surface area contributed by atoms with E-state index in [1.165, 1.54) is 13.2 Å². The van der Waals surface area contributed by atoms with Gasteiger partial charge in [0.05, 0.1) is 7.11 Å². The fourth-order valence-electron chi connectivity index (χ4n) is 2.48. The van der Waals surface area contributed by atoms with Gasteiger partial charge in [0.2, 0.25) is 11.8 Å². The third-order valence-electron chi connectivity index (χ3n) is 3.95. The molecule has 0 radical (unpaired) electrons. The molecule has 1 aliphatic carbocycles. The fraction of sp³-hybridized carbons (Fsp3) is 0.667. The predicted molar refractivity (Wildman–Crippen MR) is 76.2 cm³/mol. The number of hydrogen-bond donors (Lipinski definition) is 1. The number of piperidine rings is 1. The molecule has 116 valence electrons. The minimum absolute atomic E-state index is 0.0111. The summed E-state index contributed by atoms with van der Waals surface area (Å²) in [6, 6.07) is 0. The molecular formula is C15H22N2O4. The van der Waals surface area contributed by atoms with Crippen molar-refractivity contribution in [1.82, 2.24) is 10.2 Å². The zero-order chi connectivity index (χ0) is 15.2. The maximum Gasteiger partial charge on any atom is 0.330 e. The Morgan fingerprint density at radius 1 is 1.14 bits per heavy atom. The third kappa shape index (κ3) is 4.58. The monoisotopic (exact) mass is 294 g/mol. The Balaban J connectivity index is 1.66. The number of rotatable bonds is 5. The van der Waals surface area contributed by atoms with E-state index in [0.717, 1.165) is 12.8 Å². The molecule has 1 saturated carbocycles. The van der Waals surface area contributed by atoms with Crippen LogP contribution < -0.4 is 5.32 Å². The summed E-state index contributed by atoms with van der Waals surface area (Å²) in [4.78, 5) is 36.6. The van der Waals surface area contributed by atoms with E-state index in [4.69, 9.17) is 0 Å². The largest absolute Gasteiger partial charge is 0.466 e. The van der Waals surface area contributed by atoms with Crippen LogP contribution >= 0.6 is 0 Å². The summed E-state index contributed by atoms with van der Waals surface area (Å²) in [5.41, 5.74) is 0. The number of esters is 1. The molecule has 6 nitrogen and oxygen atoms in total. The predicted octanol–water partition coefficient (Wildman–Crippen LogP) is 0.480. The zero-order valence-electron chi connectivity index (χ0n) is 12.3. The van der Waals surface area contributed by atoms with Gasteiger partial charge in [-0.3, -0.25) is 9.59 Å². The fourth-order valence-corrected chi connectivity index (χ4v) is 2.48. The molecule has 1 aliphatic heterocycles. The molecule has 1 saturated heterocycles. The van der Waals surface area contributed by atoms with E-state index < -0.39 is 5.97 Å². The van der Waals surface area contributed by atoms with E-state index in [-0.39, 0.29) is 23.7 Å². The maximum absolute atomic E-state index is 12.0. The van der Waals surface area contributed by atoms with Crippen molar-refractivity contribution in [2.24, 2.45) is 11.8 Å². The van der Waals surface area contributed by atoms with Crippen molar-refractivity contribution in [3.8, 4) is 0 Å². The first-order valence-corrected chi connectivity index (χ1v) is 7.42. The topological polar surface area (TPSA) is 75.7 Å². The lowest BCUT2D eigenvalue weighted by Gasteiger charge is -2.31. The van der Waals surface area contributed by atoms with Crippen LogP contribution in [0, 0.1) is 11.8 Å². The minimum Gasteiger partial charge on any atom is -0.466 e. The number of hydrogen-bond acceptors (Lipinski definition) is 4. The van der Waals surface area contributed by atoms with Crippen LogP contribution in [0.4, 0.5) is 0 Å². The van der Waals surface area contributed by atoms with Crippen molar-refractivity contribution in [2.75, 3.05) is 26.7 Å². The lowest BCUT2D eigenvalue weighted by Crippen LogP contribution is -2.43. The highest BCUT2D eigenvalue weighted by Gasteiger charge is 2.35. The van der Waals surface area contributed by atoms with Crippen LogP contribution in [0.3, 0.4) is 0 Å². The van der Waals surface area contributed by atoms with Crippen molar-refractivity contribution in [3.05, 3.63) is 12.2 Å². The lowest BCUT2D eigenvalue weighted by atomic mass is 9.95. The maximum atomic E-state index is 12.0. The van der Waals surface area contributed by atoms with E-state index in [2.05, 4.69) is 10.1 Å². The average Bonchev–Trinajstić information content (AvgIpc) is 3.35. The van der Waals surface area contributed by atoms with Gasteiger partial charge in [-0.05, 0) is 25.7 Å². The molecular weight excluding hydrogens is 272 g/mol. The molecule has 0 aromatic carbocycles. The molecule has 1 N–H and O–H groups in total. The molecule has 0 bridgehead atoms.